The molecule has 0 bridgehead atoms. The molecule has 3 rings (SSSR count). The fraction of sp³-hybridized carbons (Fsp3) is 0.444. The van der Waals surface area contributed by atoms with Crippen LogP contribution in [0.3, 0.4) is 0 Å². The molecule has 0 unspecified atom stereocenters. The molecular formula is C18H24N2O. The number of rotatable bonds is 3. The largest absolute Gasteiger partial charge is 0.461 e. The average Bonchev–Trinajstić information content (AvgIpc) is 2.81. The Bertz CT molecular complexity index is 590. The Morgan fingerprint density at radius 3 is 2.76 bits per heavy atom. The smallest absolute Gasteiger partial charge is 0.134 e. The van der Waals surface area contributed by atoms with Crippen molar-refractivity contribution in [2.75, 3.05) is 33.2 Å². The van der Waals surface area contributed by atoms with Crippen LogP contribution in [0.15, 0.2) is 40.8 Å². The number of benzene rings is 1. The van der Waals surface area contributed by atoms with Crippen molar-refractivity contribution in [3.63, 3.8) is 0 Å². The molecule has 3 heteroatoms. The lowest BCUT2D eigenvalue weighted by molar-refractivity contribution is 0.269. The topological polar surface area (TPSA) is 19.6 Å². The average molecular weight is 284 g/mol. The van der Waals surface area contributed by atoms with Crippen LogP contribution in [0.1, 0.15) is 17.7 Å². The third-order valence-electron chi connectivity index (χ3n) is 4.17. The van der Waals surface area contributed by atoms with Gasteiger partial charge < -0.3 is 9.32 Å². The second kappa shape index (κ2) is 6.46. The zero-order valence-corrected chi connectivity index (χ0v) is 13.0. The monoisotopic (exact) mass is 284 g/mol. The minimum atomic E-state index is 0.963. The molecule has 2 heterocycles. The van der Waals surface area contributed by atoms with Crippen LogP contribution in [0.4, 0.5) is 0 Å². The van der Waals surface area contributed by atoms with E-state index in [1.165, 1.54) is 30.6 Å². The van der Waals surface area contributed by atoms with E-state index >= 15 is 0 Å². The highest BCUT2D eigenvalue weighted by atomic mass is 16.3. The summed E-state index contributed by atoms with van der Waals surface area (Å²) in [7, 11) is 2.21. The standard InChI is InChI=1S/C18H24N2O/c1-15-7-8-18(21-15)17-6-3-5-16(13-17)14-20-10-4-9-19(2)11-12-20/h3,5-8,13H,4,9-12,14H2,1-2H3. The first-order valence-electron chi connectivity index (χ1n) is 7.77. The van der Waals surface area contributed by atoms with Crippen LogP contribution < -0.4 is 0 Å². The molecule has 112 valence electrons. The zero-order valence-electron chi connectivity index (χ0n) is 13.0. The van der Waals surface area contributed by atoms with Gasteiger partial charge in [-0.3, -0.25) is 4.90 Å². The van der Waals surface area contributed by atoms with Crippen molar-refractivity contribution in [2.45, 2.75) is 19.9 Å². The van der Waals surface area contributed by atoms with Crippen molar-refractivity contribution < 1.29 is 4.42 Å². The first-order chi connectivity index (χ1) is 10.2. The number of hydrogen-bond acceptors (Lipinski definition) is 3. The van der Waals surface area contributed by atoms with Crippen LogP contribution in [-0.2, 0) is 6.54 Å². The molecule has 0 saturated carbocycles. The van der Waals surface area contributed by atoms with Gasteiger partial charge in [0, 0.05) is 25.2 Å². The van der Waals surface area contributed by atoms with Crippen LogP contribution >= 0.6 is 0 Å². The van der Waals surface area contributed by atoms with E-state index in [0.717, 1.165) is 31.2 Å². The summed E-state index contributed by atoms with van der Waals surface area (Å²) in [5, 5.41) is 0. The fourth-order valence-corrected chi connectivity index (χ4v) is 2.93. The summed E-state index contributed by atoms with van der Waals surface area (Å²) in [6.45, 7) is 7.73. The highest BCUT2D eigenvalue weighted by Gasteiger charge is 2.12. The maximum atomic E-state index is 5.73. The Morgan fingerprint density at radius 2 is 1.95 bits per heavy atom. The molecule has 1 saturated heterocycles. The van der Waals surface area contributed by atoms with Crippen LogP contribution in [0.2, 0.25) is 0 Å². The summed E-state index contributed by atoms with van der Waals surface area (Å²) >= 11 is 0. The van der Waals surface area contributed by atoms with Crippen molar-refractivity contribution >= 4 is 0 Å². The Labute approximate surface area is 127 Å². The molecule has 1 fully saturated rings. The highest BCUT2D eigenvalue weighted by molar-refractivity contribution is 5.58. The van der Waals surface area contributed by atoms with Gasteiger partial charge in [0.1, 0.15) is 11.5 Å². The Balaban J connectivity index is 1.71. The maximum absolute atomic E-state index is 5.73. The second-order valence-electron chi connectivity index (χ2n) is 6.04. The highest BCUT2D eigenvalue weighted by Crippen LogP contribution is 2.23. The lowest BCUT2D eigenvalue weighted by Crippen LogP contribution is -2.28. The van der Waals surface area contributed by atoms with Gasteiger partial charge in [-0.25, -0.2) is 0 Å². The molecular weight excluding hydrogens is 260 g/mol. The number of hydrogen-bond donors (Lipinski definition) is 0. The third kappa shape index (κ3) is 3.74. The summed E-state index contributed by atoms with van der Waals surface area (Å²) in [6.07, 6.45) is 1.26. The molecule has 0 N–H and O–H groups in total. The van der Waals surface area contributed by atoms with Gasteiger partial charge in [0.15, 0.2) is 0 Å². The van der Waals surface area contributed by atoms with Gasteiger partial charge in [-0.2, -0.15) is 0 Å². The van der Waals surface area contributed by atoms with E-state index in [1.54, 1.807) is 0 Å². The van der Waals surface area contributed by atoms with Crippen molar-refractivity contribution in [2.24, 2.45) is 0 Å². The fourth-order valence-electron chi connectivity index (χ4n) is 2.93. The first-order valence-corrected chi connectivity index (χ1v) is 7.77. The van der Waals surface area contributed by atoms with Crippen LogP contribution in [0, 0.1) is 6.92 Å². The van der Waals surface area contributed by atoms with Gasteiger partial charge in [-0.1, -0.05) is 18.2 Å². The lowest BCUT2D eigenvalue weighted by atomic mass is 10.1. The molecule has 0 amide bonds. The van der Waals surface area contributed by atoms with Gasteiger partial charge in [0.25, 0.3) is 0 Å². The molecule has 1 aliphatic heterocycles. The molecule has 0 radical (unpaired) electrons. The first kappa shape index (κ1) is 14.4. The number of likely N-dealkylation sites (N-methyl/N-ethyl adjacent to an activating group) is 1. The summed E-state index contributed by atoms with van der Waals surface area (Å²) in [5.74, 6) is 1.93. The Morgan fingerprint density at radius 1 is 1.05 bits per heavy atom. The van der Waals surface area contributed by atoms with E-state index in [9.17, 15) is 0 Å². The van der Waals surface area contributed by atoms with E-state index in [4.69, 9.17) is 4.42 Å². The van der Waals surface area contributed by atoms with Crippen molar-refractivity contribution in [1.29, 1.82) is 0 Å². The second-order valence-corrected chi connectivity index (χ2v) is 6.04. The van der Waals surface area contributed by atoms with E-state index in [0.29, 0.717) is 0 Å². The predicted octanol–water partition coefficient (Wildman–Crippen LogP) is 3.39. The molecule has 2 aromatic rings. The minimum absolute atomic E-state index is 0.963. The summed E-state index contributed by atoms with van der Waals surface area (Å²) in [4.78, 5) is 4.97. The van der Waals surface area contributed by atoms with E-state index in [-0.39, 0.29) is 0 Å². The van der Waals surface area contributed by atoms with Gasteiger partial charge >= 0.3 is 0 Å². The summed E-state index contributed by atoms with van der Waals surface area (Å²) in [5.41, 5.74) is 2.54. The molecule has 1 aromatic heterocycles. The van der Waals surface area contributed by atoms with Crippen LogP contribution in [0.25, 0.3) is 11.3 Å². The molecule has 1 aliphatic rings. The molecule has 0 atom stereocenters. The Kier molecular flexibility index (Phi) is 4.42. The SMILES string of the molecule is Cc1ccc(-c2cccc(CN3CCCN(C)CC3)c2)o1. The van der Waals surface area contributed by atoms with Gasteiger partial charge in [-0.15, -0.1) is 0 Å². The maximum Gasteiger partial charge on any atom is 0.134 e. The molecule has 21 heavy (non-hydrogen) atoms. The number of nitrogens with zero attached hydrogens (tertiary/aromatic N) is 2. The van der Waals surface area contributed by atoms with Crippen molar-refractivity contribution in [3.05, 3.63) is 47.7 Å². The van der Waals surface area contributed by atoms with Crippen LogP contribution in [-0.4, -0.2) is 43.0 Å². The Hall–Kier alpha value is -1.58. The number of furan rings is 1. The zero-order chi connectivity index (χ0) is 14.7. The minimum Gasteiger partial charge on any atom is -0.461 e. The van der Waals surface area contributed by atoms with Crippen molar-refractivity contribution in [1.82, 2.24) is 9.80 Å². The van der Waals surface area contributed by atoms with Gasteiger partial charge in [0.05, 0.1) is 0 Å². The lowest BCUT2D eigenvalue weighted by Gasteiger charge is -2.20. The summed E-state index contributed by atoms with van der Waals surface area (Å²) < 4.78 is 5.73. The quantitative estimate of drug-likeness (QED) is 0.861. The third-order valence-corrected chi connectivity index (χ3v) is 4.17. The van der Waals surface area contributed by atoms with Gasteiger partial charge in [-0.05, 0) is 57.2 Å². The van der Waals surface area contributed by atoms with E-state index in [1.807, 2.05) is 13.0 Å². The molecule has 0 spiro atoms. The van der Waals surface area contributed by atoms with Gasteiger partial charge in [0.2, 0.25) is 0 Å². The van der Waals surface area contributed by atoms with Crippen LogP contribution in [0.5, 0.6) is 0 Å². The van der Waals surface area contributed by atoms with Crippen molar-refractivity contribution in [3.8, 4) is 11.3 Å². The summed E-state index contributed by atoms with van der Waals surface area (Å²) in [6, 6.07) is 12.8. The van der Waals surface area contributed by atoms with E-state index < -0.39 is 0 Å². The predicted molar refractivity (Wildman–Crippen MR) is 86.3 cm³/mol. The molecule has 3 nitrogen and oxygen atoms in total. The normalized spacial score (nSPS) is 17.8. The molecule has 0 aliphatic carbocycles. The number of aryl methyl sites for hydroxylation is 1. The van der Waals surface area contributed by atoms with E-state index in [2.05, 4.69) is 47.2 Å². The molecule has 1 aromatic carbocycles.